The summed E-state index contributed by atoms with van der Waals surface area (Å²) < 4.78 is 0. The molecule has 0 aliphatic rings. The number of aryl methyl sites for hydroxylation is 1. The first-order valence-corrected chi connectivity index (χ1v) is 8.37. The first-order chi connectivity index (χ1) is 10.2. The minimum Gasteiger partial charge on any atom is -0.357 e. The molecule has 5 nitrogen and oxygen atoms in total. The fourth-order valence-corrected chi connectivity index (χ4v) is 2.54. The lowest BCUT2D eigenvalue weighted by molar-refractivity contribution is -0.120. The highest BCUT2D eigenvalue weighted by atomic mass is 127. The smallest absolute Gasteiger partial charge is 0.221 e. The molecule has 3 N–H and O–H groups in total. The topological polar surface area (TPSA) is 65.5 Å². The Hall–Kier alpha value is -0.830. The number of hydrogen-bond acceptors (Lipinski definition) is 3. The summed E-state index contributed by atoms with van der Waals surface area (Å²) in [7, 11) is 0. The minimum absolute atomic E-state index is 0. The Kier molecular flexibility index (Phi) is 12.2. The van der Waals surface area contributed by atoms with Crippen molar-refractivity contribution in [3.63, 3.8) is 0 Å². The molecule has 0 fully saturated rings. The van der Waals surface area contributed by atoms with Gasteiger partial charge in [-0.1, -0.05) is 6.92 Å². The lowest BCUT2D eigenvalue weighted by Gasteiger charge is -2.11. The third-order valence-electron chi connectivity index (χ3n) is 2.91. The van der Waals surface area contributed by atoms with Crippen molar-refractivity contribution in [3.05, 3.63) is 21.9 Å². The number of amides is 1. The van der Waals surface area contributed by atoms with Gasteiger partial charge in [0, 0.05) is 30.9 Å². The van der Waals surface area contributed by atoms with Crippen LogP contribution in [0.2, 0.25) is 0 Å². The van der Waals surface area contributed by atoms with Crippen LogP contribution in [0.1, 0.15) is 37.1 Å². The Morgan fingerprint density at radius 3 is 2.59 bits per heavy atom. The van der Waals surface area contributed by atoms with E-state index in [1.807, 2.05) is 13.8 Å². The lowest BCUT2D eigenvalue weighted by Crippen LogP contribution is -2.39. The van der Waals surface area contributed by atoms with Crippen LogP contribution in [0.15, 0.2) is 16.4 Å². The Morgan fingerprint density at radius 2 is 2.00 bits per heavy atom. The van der Waals surface area contributed by atoms with Gasteiger partial charge in [-0.05, 0) is 37.3 Å². The second kappa shape index (κ2) is 12.7. The zero-order valence-electron chi connectivity index (χ0n) is 13.6. The molecular formula is C15H27IN4OS. The standard InChI is InChI=1S/C15H26N4OS.HI/c1-4-8-17-14(20)6-9-18-15(16-5-2)19-11-13-12(3)7-10-21-13;/h7,10H,4-6,8-9,11H2,1-3H3,(H,17,20)(H2,16,18,19);1H. The lowest BCUT2D eigenvalue weighted by atomic mass is 10.3. The number of nitrogens with one attached hydrogen (secondary N) is 3. The summed E-state index contributed by atoms with van der Waals surface area (Å²) in [5.74, 6) is 0.836. The zero-order valence-corrected chi connectivity index (χ0v) is 16.7. The van der Waals surface area contributed by atoms with Gasteiger partial charge in [0.2, 0.25) is 5.91 Å². The van der Waals surface area contributed by atoms with Crippen LogP contribution >= 0.6 is 35.3 Å². The Balaban J connectivity index is 0.00000441. The van der Waals surface area contributed by atoms with Crippen LogP contribution < -0.4 is 16.0 Å². The third-order valence-corrected chi connectivity index (χ3v) is 3.92. The van der Waals surface area contributed by atoms with Gasteiger partial charge in [0.1, 0.15) is 0 Å². The first-order valence-electron chi connectivity index (χ1n) is 7.49. The van der Waals surface area contributed by atoms with Crippen LogP contribution in [-0.2, 0) is 11.3 Å². The molecule has 0 saturated heterocycles. The number of hydrogen-bond donors (Lipinski definition) is 3. The molecule has 0 atom stereocenters. The average Bonchev–Trinajstić information content (AvgIpc) is 2.88. The summed E-state index contributed by atoms with van der Waals surface area (Å²) in [5.41, 5.74) is 1.28. The van der Waals surface area contributed by atoms with Crippen molar-refractivity contribution in [1.29, 1.82) is 0 Å². The fraction of sp³-hybridized carbons (Fsp3) is 0.600. The number of thiophene rings is 1. The van der Waals surface area contributed by atoms with Crippen LogP contribution in [0.5, 0.6) is 0 Å². The summed E-state index contributed by atoms with van der Waals surface area (Å²) in [6.45, 7) is 8.97. The van der Waals surface area contributed by atoms with Crippen molar-refractivity contribution in [3.8, 4) is 0 Å². The van der Waals surface area contributed by atoms with E-state index in [1.165, 1.54) is 10.4 Å². The maximum Gasteiger partial charge on any atom is 0.221 e. The van der Waals surface area contributed by atoms with Crippen LogP contribution in [0.4, 0.5) is 0 Å². The summed E-state index contributed by atoms with van der Waals surface area (Å²) in [4.78, 5) is 17.3. The van der Waals surface area contributed by atoms with Gasteiger partial charge in [0.15, 0.2) is 5.96 Å². The van der Waals surface area contributed by atoms with E-state index in [4.69, 9.17) is 0 Å². The molecular weight excluding hydrogens is 411 g/mol. The van der Waals surface area contributed by atoms with Gasteiger partial charge in [0.05, 0.1) is 6.54 Å². The maximum atomic E-state index is 11.5. The largest absolute Gasteiger partial charge is 0.357 e. The van der Waals surface area contributed by atoms with Crippen molar-refractivity contribution in [2.24, 2.45) is 4.99 Å². The van der Waals surface area contributed by atoms with Gasteiger partial charge in [-0.15, -0.1) is 35.3 Å². The van der Waals surface area contributed by atoms with E-state index < -0.39 is 0 Å². The number of rotatable bonds is 8. The fourth-order valence-electron chi connectivity index (χ4n) is 1.71. The Morgan fingerprint density at radius 1 is 1.23 bits per heavy atom. The summed E-state index contributed by atoms with van der Waals surface area (Å²) in [6.07, 6.45) is 1.42. The SMILES string of the molecule is CCCNC(=O)CCNC(=NCc1sccc1C)NCC.I. The molecule has 0 spiro atoms. The molecule has 0 aliphatic heterocycles. The molecule has 22 heavy (non-hydrogen) atoms. The predicted octanol–water partition coefficient (Wildman–Crippen LogP) is 2.65. The normalized spacial score (nSPS) is 10.8. The summed E-state index contributed by atoms with van der Waals surface area (Å²) in [6, 6.07) is 2.11. The van der Waals surface area contributed by atoms with Crippen molar-refractivity contribution < 1.29 is 4.79 Å². The van der Waals surface area contributed by atoms with E-state index in [0.717, 1.165) is 25.5 Å². The molecule has 1 aromatic rings. The summed E-state index contributed by atoms with van der Waals surface area (Å²) >= 11 is 1.72. The van der Waals surface area contributed by atoms with Crippen molar-refractivity contribution in [2.45, 2.75) is 40.2 Å². The average molecular weight is 438 g/mol. The molecule has 1 aromatic heterocycles. The van der Waals surface area contributed by atoms with Crippen molar-refractivity contribution in [1.82, 2.24) is 16.0 Å². The number of aliphatic imine (C=N–C) groups is 1. The highest BCUT2D eigenvalue weighted by Crippen LogP contribution is 2.16. The van der Waals surface area contributed by atoms with Gasteiger partial charge in [-0.3, -0.25) is 4.79 Å². The van der Waals surface area contributed by atoms with E-state index in [9.17, 15) is 4.79 Å². The maximum absolute atomic E-state index is 11.5. The van der Waals surface area contributed by atoms with Gasteiger partial charge in [0.25, 0.3) is 0 Å². The molecule has 1 heterocycles. The quantitative estimate of drug-likeness (QED) is 0.332. The molecule has 0 aromatic carbocycles. The first kappa shape index (κ1) is 21.2. The molecule has 1 amide bonds. The monoisotopic (exact) mass is 438 g/mol. The second-order valence-corrected chi connectivity index (χ2v) is 5.75. The minimum atomic E-state index is 0. The number of carbonyl (C=O) groups is 1. The number of nitrogens with zero attached hydrogens (tertiary/aromatic N) is 1. The van der Waals surface area contributed by atoms with Crippen molar-refractivity contribution >= 4 is 47.2 Å². The van der Waals surface area contributed by atoms with Gasteiger partial charge in [-0.25, -0.2) is 4.99 Å². The second-order valence-electron chi connectivity index (χ2n) is 4.75. The van der Waals surface area contributed by atoms with E-state index in [-0.39, 0.29) is 29.9 Å². The van der Waals surface area contributed by atoms with Gasteiger partial charge < -0.3 is 16.0 Å². The Bertz CT molecular complexity index is 462. The highest BCUT2D eigenvalue weighted by Gasteiger charge is 2.03. The molecule has 0 aliphatic carbocycles. The van der Waals surface area contributed by atoms with E-state index in [2.05, 4.69) is 39.3 Å². The highest BCUT2D eigenvalue weighted by molar-refractivity contribution is 14.0. The third kappa shape index (κ3) is 8.57. The molecule has 126 valence electrons. The predicted molar refractivity (Wildman–Crippen MR) is 105 cm³/mol. The van der Waals surface area contributed by atoms with Gasteiger partial charge >= 0.3 is 0 Å². The molecule has 0 bridgehead atoms. The van der Waals surface area contributed by atoms with Crippen LogP contribution in [0.25, 0.3) is 0 Å². The van der Waals surface area contributed by atoms with Crippen LogP contribution in [0, 0.1) is 6.92 Å². The summed E-state index contributed by atoms with van der Waals surface area (Å²) in [5, 5.41) is 11.3. The molecule has 7 heteroatoms. The zero-order chi connectivity index (χ0) is 15.5. The molecule has 0 unspecified atom stereocenters. The van der Waals surface area contributed by atoms with Crippen LogP contribution in [-0.4, -0.2) is 31.5 Å². The van der Waals surface area contributed by atoms with Crippen LogP contribution in [0.3, 0.4) is 0 Å². The van der Waals surface area contributed by atoms with E-state index in [0.29, 0.717) is 19.5 Å². The number of carbonyl (C=O) groups excluding carboxylic acids is 1. The van der Waals surface area contributed by atoms with Crippen molar-refractivity contribution in [2.75, 3.05) is 19.6 Å². The van der Waals surface area contributed by atoms with Gasteiger partial charge in [-0.2, -0.15) is 0 Å². The molecule has 0 saturated carbocycles. The number of halogens is 1. The molecule has 1 rings (SSSR count). The van der Waals surface area contributed by atoms with E-state index in [1.54, 1.807) is 11.3 Å². The molecule has 0 radical (unpaired) electrons. The Labute approximate surface area is 154 Å². The van der Waals surface area contributed by atoms with E-state index >= 15 is 0 Å². The number of guanidine groups is 1.